The third-order valence-corrected chi connectivity index (χ3v) is 0.847. The molecule has 0 heterocycles. The summed E-state index contributed by atoms with van der Waals surface area (Å²) in [4.78, 5) is 0. The number of rotatable bonds is 1. The quantitative estimate of drug-likeness (QED) is 0.320. The summed E-state index contributed by atoms with van der Waals surface area (Å²) >= 11 is 4.73. The van der Waals surface area contributed by atoms with Crippen molar-refractivity contribution >= 4 is 11.6 Å². The van der Waals surface area contributed by atoms with E-state index in [1.54, 1.807) is 0 Å². The molecule has 3 N–H and O–H groups in total. The van der Waals surface area contributed by atoms with Gasteiger partial charge in [-0.2, -0.15) is 0 Å². The maximum atomic E-state index is 8.26. The van der Waals surface area contributed by atoms with E-state index < -0.39 is 11.4 Å². The van der Waals surface area contributed by atoms with E-state index in [1.165, 1.54) is 6.92 Å². The number of hydrogen-bond donors (Lipinski definition) is 3. The Morgan fingerprint density at radius 1 is 1.57 bits per heavy atom. The van der Waals surface area contributed by atoms with E-state index in [0.717, 1.165) is 0 Å². The molecule has 0 aliphatic rings. The summed E-state index contributed by atoms with van der Waals surface area (Å²) in [5.41, 5.74) is 0. The van der Waals surface area contributed by atoms with Gasteiger partial charge in [0.25, 0.3) is 5.25 Å². The van der Waals surface area contributed by atoms with Crippen LogP contribution in [-0.2, 0) is 0 Å². The lowest BCUT2D eigenvalue weighted by atomic mass is 10.4. The largest absolute Gasteiger partial charge is 0.386 e. The zero-order valence-electron chi connectivity index (χ0n) is 3.80. The van der Waals surface area contributed by atoms with E-state index >= 15 is 0 Å². The molecule has 0 aliphatic carbocycles. The van der Waals surface area contributed by atoms with Gasteiger partial charge in [0.1, 0.15) is 6.10 Å². The lowest BCUT2D eigenvalue weighted by Gasteiger charge is -2.14. The minimum absolute atomic E-state index is 1.17. The van der Waals surface area contributed by atoms with Crippen LogP contribution in [0.1, 0.15) is 6.92 Å². The standard InChI is InChI=1S/C3H7ClO3/c1-2(5)3(4,6)7/h2,5-7H,1H3. The Balaban J connectivity index is 3.54. The first-order valence-corrected chi connectivity index (χ1v) is 2.14. The minimum atomic E-state index is -2.47. The highest BCUT2D eigenvalue weighted by Gasteiger charge is 2.25. The van der Waals surface area contributed by atoms with Crippen molar-refractivity contribution in [3.8, 4) is 0 Å². The molecule has 0 amide bonds. The molecule has 0 fully saturated rings. The molecule has 0 saturated carbocycles. The fourth-order valence-electron chi connectivity index (χ4n) is 0. The third-order valence-electron chi connectivity index (χ3n) is 0.532. The number of aliphatic hydroxyl groups excluding tert-OH is 1. The summed E-state index contributed by atoms with van der Waals surface area (Å²) in [6, 6.07) is 0. The van der Waals surface area contributed by atoms with E-state index in [2.05, 4.69) is 0 Å². The molecule has 3 nitrogen and oxygen atoms in total. The Labute approximate surface area is 46.2 Å². The van der Waals surface area contributed by atoms with Gasteiger partial charge in [0.05, 0.1) is 0 Å². The molecule has 0 aromatic heterocycles. The first kappa shape index (κ1) is 7.17. The van der Waals surface area contributed by atoms with E-state index in [-0.39, 0.29) is 0 Å². The van der Waals surface area contributed by atoms with Crippen LogP contribution in [0.5, 0.6) is 0 Å². The second kappa shape index (κ2) is 1.96. The SMILES string of the molecule is CC(O)C(O)(O)Cl. The van der Waals surface area contributed by atoms with Crippen molar-refractivity contribution in [3.63, 3.8) is 0 Å². The van der Waals surface area contributed by atoms with Crippen LogP contribution in [0.15, 0.2) is 0 Å². The van der Waals surface area contributed by atoms with Crippen LogP contribution in [-0.4, -0.2) is 26.7 Å². The average Bonchev–Trinajstić information content (AvgIpc) is 1.31. The average molecular weight is 127 g/mol. The lowest BCUT2D eigenvalue weighted by molar-refractivity contribution is -0.153. The van der Waals surface area contributed by atoms with Crippen LogP contribution in [0, 0.1) is 0 Å². The third kappa shape index (κ3) is 2.82. The molecule has 0 radical (unpaired) electrons. The van der Waals surface area contributed by atoms with Gasteiger partial charge in [0.2, 0.25) is 0 Å². The molecule has 0 saturated heterocycles. The van der Waals surface area contributed by atoms with E-state index in [1.807, 2.05) is 0 Å². The number of alkyl halides is 1. The second-order valence-electron chi connectivity index (χ2n) is 1.31. The molecule has 0 aliphatic heterocycles. The Morgan fingerprint density at radius 2 is 1.71 bits per heavy atom. The molecule has 4 heteroatoms. The highest BCUT2D eigenvalue weighted by Crippen LogP contribution is 2.09. The van der Waals surface area contributed by atoms with Crippen LogP contribution < -0.4 is 0 Å². The number of aliphatic hydroxyl groups is 3. The Hall–Kier alpha value is 0.170. The molecule has 0 aromatic rings. The molecular weight excluding hydrogens is 119 g/mol. The zero-order valence-corrected chi connectivity index (χ0v) is 4.55. The Morgan fingerprint density at radius 3 is 1.71 bits per heavy atom. The highest BCUT2D eigenvalue weighted by molar-refractivity contribution is 6.21. The maximum absolute atomic E-state index is 8.26. The molecule has 44 valence electrons. The fourth-order valence-corrected chi connectivity index (χ4v) is 0. The zero-order chi connectivity index (χ0) is 6.08. The van der Waals surface area contributed by atoms with Crippen LogP contribution >= 0.6 is 11.6 Å². The fraction of sp³-hybridized carbons (Fsp3) is 1.00. The van der Waals surface area contributed by atoms with Crippen LogP contribution in [0.2, 0.25) is 0 Å². The maximum Gasteiger partial charge on any atom is 0.270 e. The van der Waals surface area contributed by atoms with Gasteiger partial charge in [0, 0.05) is 0 Å². The van der Waals surface area contributed by atoms with Gasteiger partial charge in [-0.05, 0) is 6.92 Å². The Bertz CT molecular complexity index is 55.7. The molecular formula is C3H7ClO3. The van der Waals surface area contributed by atoms with Gasteiger partial charge < -0.3 is 15.3 Å². The molecule has 1 atom stereocenters. The van der Waals surface area contributed by atoms with E-state index in [9.17, 15) is 0 Å². The Kier molecular flexibility index (Phi) is 2.01. The van der Waals surface area contributed by atoms with Gasteiger partial charge in [-0.1, -0.05) is 11.6 Å². The molecule has 0 aromatic carbocycles. The van der Waals surface area contributed by atoms with Crippen molar-refractivity contribution in [2.45, 2.75) is 18.3 Å². The summed E-state index contributed by atoms with van der Waals surface area (Å²) in [7, 11) is 0. The normalized spacial score (nSPS) is 16.7. The monoisotopic (exact) mass is 126 g/mol. The van der Waals surface area contributed by atoms with Crippen molar-refractivity contribution in [2.75, 3.05) is 0 Å². The molecule has 1 unspecified atom stereocenters. The summed E-state index contributed by atoms with van der Waals surface area (Å²) in [6.07, 6.45) is -1.32. The summed E-state index contributed by atoms with van der Waals surface area (Å²) in [6.45, 7) is 1.17. The molecule has 0 spiro atoms. The van der Waals surface area contributed by atoms with Gasteiger partial charge in [-0.15, -0.1) is 0 Å². The van der Waals surface area contributed by atoms with Gasteiger partial charge >= 0.3 is 0 Å². The number of halogens is 1. The summed E-state index contributed by atoms with van der Waals surface area (Å²) in [5, 5.41) is 22.1. The smallest absolute Gasteiger partial charge is 0.270 e. The lowest BCUT2D eigenvalue weighted by Crippen LogP contribution is -2.33. The molecule has 0 rings (SSSR count). The minimum Gasteiger partial charge on any atom is -0.386 e. The van der Waals surface area contributed by atoms with Crippen LogP contribution in [0.25, 0.3) is 0 Å². The van der Waals surface area contributed by atoms with Crippen molar-refractivity contribution in [1.82, 2.24) is 0 Å². The molecule has 0 bridgehead atoms. The van der Waals surface area contributed by atoms with Crippen molar-refractivity contribution in [3.05, 3.63) is 0 Å². The number of hydrogen-bond acceptors (Lipinski definition) is 3. The van der Waals surface area contributed by atoms with Crippen LogP contribution in [0.4, 0.5) is 0 Å². The molecule has 7 heavy (non-hydrogen) atoms. The highest BCUT2D eigenvalue weighted by atomic mass is 35.5. The van der Waals surface area contributed by atoms with Gasteiger partial charge in [-0.3, -0.25) is 0 Å². The summed E-state index contributed by atoms with van der Waals surface area (Å²) < 4.78 is 0. The van der Waals surface area contributed by atoms with Gasteiger partial charge in [-0.25, -0.2) is 0 Å². The predicted molar refractivity (Wildman–Crippen MR) is 24.7 cm³/mol. The van der Waals surface area contributed by atoms with Gasteiger partial charge in [0.15, 0.2) is 0 Å². The second-order valence-corrected chi connectivity index (χ2v) is 1.87. The van der Waals surface area contributed by atoms with Crippen LogP contribution in [0.3, 0.4) is 0 Å². The topological polar surface area (TPSA) is 60.7 Å². The first-order valence-electron chi connectivity index (χ1n) is 1.76. The van der Waals surface area contributed by atoms with Crippen molar-refractivity contribution < 1.29 is 15.3 Å². The first-order chi connectivity index (χ1) is 2.94. The van der Waals surface area contributed by atoms with E-state index in [0.29, 0.717) is 0 Å². The summed E-state index contributed by atoms with van der Waals surface area (Å²) in [5.74, 6) is 0. The van der Waals surface area contributed by atoms with E-state index in [4.69, 9.17) is 26.9 Å². The predicted octanol–water partition coefficient (Wildman–Crippen LogP) is -0.756. The van der Waals surface area contributed by atoms with Crippen molar-refractivity contribution in [1.29, 1.82) is 0 Å². The van der Waals surface area contributed by atoms with Crippen molar-refractivity contribution in [2.24, 2.45) is 0 Å².